The van der Waals surface area contributed by atoms with Gasteiger partial charge in [0, 0.05) is 24.0 Å². The Morgan fingerprint density at radius 1 is 0.958 bits per heavy atom. The van der Waals surface area contributed by atoms with Crippen molar-refractivity contribution in [3.63, 3.8) is 0 Å². The number of hydrogen-bond donors (Lipinski definition) is 3. The maximum absolute atomic E-state index is 11.8. The predicted octanol–water partition coefficient (Wildman–Crippen LogP) is 1.42. The van der Waals surface area contributed by atoms with Crippen LogP contribution in [0.1, 0.15) is 20.7 Å². The van der Waals surface area contributed by atoms with Crippen LogP contribution in [0, 0.1) is 0 Å². The average molecular weight is 327 g/mol. The number of benzene rings is 2. The Morgan fingerprint density at radius 2 is 1.54 bits per heavy atom. The molecular weight excluding hydrogens is 310 g/mol. The first-order valence-corrected chi connectivity index (χ1v) is 7.14. The van der Waals surface area contributed by atoms with E-state index in [0.29, 0.717) is 22.5 Å². The van der Waals surface area contributed by atoms with E-state index in [2.05, 4.69) is 10.6 Å². The first-order valence-electron chi connectivity index (χ1n) is 7.14. The van der Waals surface area contributed by atoms with Gasteiger partial charge in [-0.15, -0.1) is 0 Å². The summed E-state index contributed by atoms with van der Waals surface area (Å²) in [6.07, 6.45) is 0. The number of rotatable bonds is 5. The van der Waals surface area contributed by atoms with Crippen molar-refractivity contribution in [1.29, 1.82) is 0 Å². The molecule has 0 aromatic heterocycles. The van der Waals surface area contributed by atoms with E-state index in [1.807, 2.05) is 0 Å². The fraction of sp³-hybridized carbons (Fsp3) is 0.118. The molecule has 2 rings (SSSR count). The van der Waals surface area contributed by atoms with Gasteiger partial charge in [0.1, 0.15) is 0 Å². The lowest BCUT2D eigenvalue weighted by atomic mass is 10.2. The maximum atomic E-state index is 11.8. The molecule has 0 aliphatic rings. The highest BCUT2D eigenvalue weighted by Gasteiger charge is 2.10. The molecule has 0 radical (unpaired) electrons. The van der Waals surface area contributed by atoms with E-state index in [1.54, 1.807) is 36.4 Å². The topological polar surface area (TPSA) is 111 Å². The summed E-state index contributed by atoms with van der Waals surface area (Å²) in [6, 6.07) is 12.5. The molecule has 24 heavy (non-hydrogen) atoms. The lowest BCUT2D eigenvalue weighted by Gasteiger charge is -2.07. The van der Waals surface area contributed by atoms with Crippen molar-refractivity contribution >= 4 is 29.2 Å². The summed E-state index contributed by atoms with van der Waals surface area (Å²) in [7, 11) is 1.54. The molecule has 0 bridgehead atoms. The zero-order valence-electron chi connectivity index (χ0n) is 13.0. The van der Waals surface area contributed by atoms with E-state index in [9.17, 15) is 14.4 Å². The summed E-state index contributed by atoms with van der Waals surface area (Å²) >= 11 is 0. The number of nitrogens with two attached hydrogens (primary N) is 1. The van der Waals surface area contributed by atoms with Crippen LogP contribution in [0.4, 0.5) is 11.4 Å². The Bertz CT molecular complexity index is 739. The highest BCUT2D eigenvalue weighted by Crippen LogP contribution is 2.10. The Hall–Kier alpha value is -3.35. The summed E-state index contributed by atoms with van der Waals surface area (Å²) in [4.78, 5) is 35.0. The minimum Gasteiger partial charge on any atom is -0.452 e. The third-order valence-electron chi connectivity index (χ3n) is 3.14. The maximum Gasteiger partial charge on any atom is 0.338 e. The van der Waals surface area contributed by atoms with Crippen LogP contribution in [0.2, 0.25) is 0 Å². The van der Waals surface area contributed by atoms with Crippen LogP contribution in [0.15, 0.2) is 48.5 Å². The normalized spacial score (nSPS) is 9.88. The van der Waals surface area contributed by atoms with Gasteiger partial charge in [-0.05, 0) is 48.5 Å². The van der Waals surface area contributed by atoms with Crippen molar-refractivity contribution in [3.8, 4) is 0 Å². The van der Waals surface area contributed by atoms with Gasteiger partial charge >= 0.3 is 5.97 Å². The lowest BCUT2D eigenvalue weighted by molar-refractivity contribution is -0.119. The Morgan fingerprint density at radius 3 is 2.12 bits per heavy atom. The smallest absolute Gasteiger partial charge is 0.338 e. The van der Waals surface area contributed by atoms with E-state index in [0.717, 1.165) is 0 Å². The highest BCUT2D eigenvalue weighted by atomic mass is 16.5. The van der Waals surface area contributed by atoms with Gasteiger partial charge in [0.15, 0.2) is 6.61 Å². The number of nitrogens with one attached hydrogen (secondary N) is 2. The summed E-state index contributed by atoms with van der Waals surface area (Å²) in [5, 5.41) is 5.08. The quantitative estimate of drug-likeness (QED) is 0.568. The Balaban J connectivity index is 1.85. The number of esters is 1. The van der Waals surface area contributed by atoms with Crippen molar-refractivity contribution < 1.29 is 19.1 Å². The number of nitrogen functional groups attached to an aromatic ring is 1. The van der Waals surface area contributed by atoms with E-state index in [4.69, 9.17) is 10.5 Å². The first-order chi connectivity index (χ1) is 11.5. The first kappa shape index (κ1) is 17.0. The third kappa shape index (κ3) is 4.57. The Labute approximate surface area is 138 Å². The molecular formula is C17H17N3O4. The molecule has 0 spiro atoms. The summed E-state index contributed by atoms with van der Waals surface area (Å²) in [5.41, 5.74) is 7.35. The molecule has 0 unspecified atom stereocenters. The second-order valence-electron chi connectivity index (χ2n) is 4.90. The molecule has 2 amide bonds. The molecule has 2 aromatic rings. The number of carbonyl (C=O) groups excluding carboxylic acids is 3. The SMILES string of the molecule is CNC(=O)c1ccc(NC(=O)COC(=O)c2ccc(N)cc2)cc1. The minimum absolute atomic E-state index is 0.217. The zero-order chi connectivity index (χ0) is 17.5. The predicted molar refractivity (Wildman–Crippen MR) is 89.6 cm³/mol. The second kappa shape index (κ2) is 7.77. The molecule has 0 saturated heterocycles. The molecule has 2 aromatic carbocycles. The number of amides is 2. The molecule has 7 heteroatoms. The second-order valence-corrected chi connectivity index (χ2v) is 4.90. The van der Waals surface area contributed by atoms with Crippen molar-refractivity contribution in [2.75, 3.05) is 24.7 Å². The molecule has 0 aliphatic carbocycles. The van der Waals surface area contributed by atoms with Crippen LogP contribution in [0.3, 0.4) is 0 Å². The number of anilines is 2. The van der Waals surface area contributed by atoms with E-state index >= 15 is 0 Å². The summed E-state index contributed by atoms with van der Waals surface area (Å²) in [6.45, 7) is -0.416. The monoisotopic (exact) mass is 327 g/mol. The molecule has 0 heterocycles. The van der Waals surface area contributed by atoms with Crippen molar-refractivity contribution in [1.82, 2.24) is 5.32 Å². The van der Waals surface area contributed by atoms with Gasteiger partial charge in [0.25, 0.3) is 11.8 Å². The standard InChI is InChI=1S/C17H17N3O4/c1-19-16(22)11-4-8-14(9-5-11)20-15(21)10-24-17(23)12-2-6-13(18)7-3-12/h2-9H,10,18H2,1H3,(H,19,22)(H,20,21). The van der Waals surface area contributed by atoms with E-state index < -0.39 is 18.5 Å². The van der Waals surface area contributed by atoms with E-state index in [-0.39, 0.29) is 5.91 Å². The van der Waals surface area contributed by atoms with Crippen LogP contribution < -0.4 is 16.4 Å². The van der Waals surface area contributed by atoms with Gasteiger partial charge in [-0.25, -0.2) is 4.79 Å². The van der Waals surface area contributed by atoms with Gasteiger partial charge in [-0.3, -0.25) is 9.59 Å². The highest BCUT2D eigenvalue weighted by molar-refractivity contribution is 5.97. The van der Waals surface area contributed by atoms with Crippen LogP contribution in [0.25, 0.3) is 0 Å². The van der Waals surface area contributed by atoms with Gasteiger partial charge in [-0.2, -0.15) is 0 Å². The number of hydrogen-bond acceptors (Lipinski definition) is 5. The molecule has 0 atom stereocenters. The van der Waals surface area contributed by atoms with Crippen LogP contribution >= 0.6 is 0 Å². The number of carbonyl (C=O) groups is 3. The average Bonchev–Trinajstić information content (AvgIpc) is 2.60. The van der Waals surface area contributed by atoms with Gasteiger partial charge in [0.05, 0.1) is 5.56 Å². The lowest BCUT2D eigenvalue weighted by Crippen LogP contribution is -2.21. The molecule has 4 N–H and O–H groups in total. The van der Waals surface area contributed by atoms with Crippen molar-refractivity contribution in [2.24, 2.45) is 0 Å². The van der Waals surface area contributed by atoms with Crippen LogP contribution in [0.5, 0.6) is 0 Å². The third-order valence-corrected chi connectivity index (χ3v) is 3.14. The Kier molecular flexibility index (Phi) is 5.51. The van der Waals surface area contributed by atoms with Gasteiger partial charge < -0.3 is 21.1 Å². The minimum atomic E-state index is -0.611. The van der Waals surface area contributed by atoms with Gasteiger partial charge in [-0.1, -0.05) is 0 Å². The van der Waals surface area contributed by atoms with Crippen LogP contribution in [-0.4, -0.2) is 31.4 Å². The van der Waals surface area contributed by atoms with E-state index in [1.165, 1.54) is 19.2 Å². The fourth-order valence-corrected chi connectivity index (χ4v) is 1.88. The summed E-state index contributed by atoms with van der Waals surface area (Å²) < 4.78 is 4.93. The summed E-state index contributed by atoms with van der Waals surface area (Å²) in [5.74, 6) is -1.31. The fourth-order valence-electron chi connectivity index (χ4n) is 1.88. The largest absolute Gasteiger partial charge is 0.452 e. The zero-order valence-corrected chi connectivity index (χ0v) is 13.0. The van der Waals surface area contributed by atoms with Gasteiger partial charge in [0.2, 0.25) is 0 Å². The number of ether oxygens (including phenoxy) is 1. The van der Waals surface area contributed by atoms with Crippen molar-refractivity contribution in [3.05, 3.63) is 59.7 Å². The molecule has 124 valence electrons. The molecule has 0 saturated carbocycles. The molecule has 0 fully saturated rings. The van der Waals surface area contributed by atoms with Crippen LogP contribution in [-0.2, 0) is 9.53 Å². The molecule has 7 nitrogen and oxygen atoms in total. The van der Waals surface area contributed by atoms with Crippen molar-refractivity contribution in [2.45, 2.75) is 0 Å². The molecule has 0 aliphatic heterocycles.